The molecule has 1 aromatic heterocycles. The first-order valence-corrected chi connectivity index (χ1v) is 5.12. The number of fused-ring (bicyclic) bond motifs is 1. The number of esters is 1. The quantitative estimate of drug-likeness (QED) is 0.685. The number of carbonyl (C=O) groups excluding carboxylic acids is 1. The number of furan rings is 1. The maximum Gasteiger partial charge on any atom is 0.342 e. The van der Waals surface area contributed by atoms with E-state index in [4.69, 9.17) is 9.15 Å². The fourth-order valence-corrected chi connectivity index (χ4v) is 2.03. The second-order valence-corrected chi connectivity index (χ2v) is 3.78. The van der Waals surface area contributed by atoms with Gasteiger partial charge in [-0.1, -0.05) is 30.3 Å². The van der Waals surface area contributed by atoms with E-state index in [1.54, 1.807) is 6.92 Å². The minimum atomic E-state index is -0.279. The normalized spacial score (nSPS) is 13.7. The lowest BCUT2D eigenvalue weighted by molar-refractivity contribution is 0.0529. The average molecular weight is 214 g/mol. The van der Waals surface area contributed by atoms with Gasteiger partial charge in [0.05, 0.1) is 5.56 Å². The van der Waals surface area contributed by atoms with Gasteiger partial charge in [0, 0.05) is 5.56 Å². The molecule has 3 rings (SSSR count). The van der Waals surface area contributed by atoms with E-state index in [0.717, 1.165) is 16.9 Å². The first kappa shape index (κ1) is 9.21. The Kier molecular flexibility index (Phi) is 1.86. The molecule has 0 atom stereocenters. The molecule has 2 aromatic rings. The fourth-order valence-electron chi connectivity index (χ4n) is 2.03. The fraction of sp³-hybridized carbons (Fsp3) is 0.154. The van der Waals surface area contributed by atoms with Gasteiger partial charge in [-0.05, 0) is 6.92 Å². The van der Waals surface area contributed by atoms with E-state index in [1.807, 2.05) is 30.3 Å². The molecule has 0 amide bonds. The summed E-state index contributed by atoms with van der Waals surface area (Å²) in [5, 5.41) is 0. The lowest BCUT2D eigenvalue weighted by Gasteiger charge is -1.99. The third-order valence-corrected chi connectivity index (χ3v) is 2.77. The summed E-state index contributed by atoms with van der Waals surface area (Å²) in [4.78, 5) is 11.4. The highest BCUT2D eigenvalue weighted by molar-refractivity contribution is 5.96. The van der Waals surface area contributed by atoms with Crippen molar-refractivity contribution < 1.29 is 13.9 Å². The van der Waals surface area contributed by atoms with Gasteiger partial charge in [0.2, 0.25) is 0 Å². The second kappa shape index (κ2) is 3.23. The molecule has 1 aliphatic rings. The SMILES string of the molecule is Cc1oc(-c2ccccc2)c2c1C(=O)OC2. The van der Waals surface area contributed by atoms with Gasteiger partial charge < -0.3 is 9.15 Å². The molecule has 80 valence electrons. The summed E-state index contributed by atoms with van der Waals surface area (Å²) in [7, 11) is 0. The standard InChI is InChI=1S/C13H10O3/c1-8-11-10(7-15-13(11)14)12(16-8)9-5-3-2-4-6-9/h2-6H,7H2,1H3. The van der Waals surface area contributed by atoms with Crippen LogP contribution in [-0.4, -0.2) is 5.97 Å². The molecule has 3 heteroatoms. The summed E-state index contributed by atoms with van der Waals surface area (Å²) >= 11 is 0. The van der Waals surface area contributed by atoms with Gasteiger partial charge in [0.25, 0.3) is 0 Å². The number of carbonyl (C=O) groups is 1. The van der Waals surface area contributed by atoms with Gasteiger partial charge in [-0.15, -0.1) is 0 Å². The van der Waals surface area contributed by atoms with Crippen LogP contribution in [0.3, 0.4) is 0 Å². The number of ether oxygens (including phenoxy) is 1. The third-order valence-electron chi connectivity index (χ3n) is 2.77. The molecule has 1 aliphatic heterocycles. The maximum absolute atomic E-state index is 11.4. The number of benzene rings is 1. The Bertz CT molecular complexity index is 552. The first-order chi connectivity index (χ1) is 7.77. The molecule has 0 aliphatic carbocycles. The van der Waals surface area contributed by atoms with Crippen LogP contribution < -0.4 is 0 Å². The van der Waals surface area contributed by atoms with E-state index in [-0.39, 0.29) is 5.97 Å². The van der Waals surface area contributed by atoms with Crippen molar-refractivity contribution >= 4 is 5.97 Å². The zero-order chi connectivity index (χ0) is 11.1. The molecule has 16 heavy (non-hydrogen) atoms. The van der Waals surface area contributed by atoms with Crippen LogP contribution in [0.1, 0.15) is 21.7 Å². The Morgan fingerprint density at radius 1 is 1.19 bits per heavy atom. The molecule has 0 saturated carbocycles. The van der Waals surface area contributed by atoms with Gasteiger partial charge in [-0.25, -0.2) is 4.79 Å². The van der Waals surface area contributed by atoms with E-state index in [1.165, 1.54) is 0 Å². The summed E-state index contributed by atoms with van der Waals surface area (Å²) in [5.41, 5.74) is 2.44. The topological polar surface area (TPSA) is 39.4 Å². The Hall–Kier alpha value is -2.03. The summed E-state index contributed by atoms with van der Waals surface area (Å²) < 4.78 is 10.7. The van der Waals surface area contributed by atoms with E-state index >= 15 is 0 Å². The number of aryl methyl sites for hydroxylation is 1. The lowest BCUT2D eigenvalue weighted by atomic mass is 10.1. The number of hydrogen-bond acceptors (Lipinski definition) is 3. The van der Waals surface area contributed by atoms with Crippen LogP contribution in [0.4, 0.5) is 0 Å². The molecule has 1 aromatic carbocycles. The zero-order valence-corrected chi connectivity index (χ0v) is 8.82. The van der Waals surface area contributed by atoms with Crippen LogP contribution in [0.5, 0.6) is 0 Å². The van der Waals surface area contributed by atoms with Crippen molar-refractivity contribution in [2.75, 3.05) is 0 Å². The largest absolute Gasteiger partial charge is 0.460 e. The molecular weight excluding hydrogens is 204 g/mol. The van der Waals surface area contributed by atoms with E-state index in [9.17, 15) is 4.79 Å². The number of cyclic esters (lactones) is 1. The van der Waals surface area contributed by atoms with Gasteiger partial charge >= 0.3 is 5.97 Å². The van der Waals surface area contributed by atoms with E-state index < -0.39 is 0 Å². The Balaban J connectivity index is 2.21. The average Bonchev–Trinajstić information content (AvgIpc) is 2.83. The molecule has 3 nitrogen and oxygen atoms in total. The highest BCUT2D eigenvalue weighted by Crippen LogP contribution is 2.35. The summed E-state index contributed by atoms with van der Waals surface area (Å²) in [5.74, 6) is 1.11. The zero-order valence-electron chi connectivity index (χ0n) is 8.82. The van der Waals surface area contributed by atoms with Crippen molar-refractivity contribution in [2.45, 2.75) is 13.5 Å². The molecular formula is C13H10O3. The van der Waals surface area contributed by atoms with Crippen LogP contribution in [0, 0.1) is 6.92 Å². The maximum atomic E-state index is 11.4. The van der Waals surface area contributed by atoms with E-state index in [2.05, 4.69) is 0 Å². The van der Waals surface area contributed by atoms with Crippen molar-refractivity contribution in [3.05, 3.63) is 47.2 Å². The van der Waals surface area contributed by atoms with Crippen LogP contribution in [0.25, 0.3) is 11.3 Å². The van der Waals surface area contributed by atoms with Gasteiger partial charge in [-0.2, -0.15) is 0 Å². The Labute approximate surface area is 92.6 Å². The molecule has 0 spiro atoms. The van der Waals surface area contributed by atoms with E-state index in [0.29, 0.717) is 17.9 Å². The van der Waals surface area contributed by atoms with Crippen LogP contribution >= 0.6 is 0 Å². The third kappa shape index (κ3) is 1.18. The summed E-state index contributed by atoms with van der Waals surface area (Å²) in [6.07, 6.45) is 0. The summed E-state index contributed by atoms with van der Waals surface area (Å²) in [6, 6.07) is 9.75. The minimum Gasteiger partial charge on any atom is -0.460 e. The molecule has 0 fully saturated rings. The van der Waals surface area contributed by atoms with Gasteiger partial charge in [0.15, 0.2) is 0 Å². The smallest absolute Gasteiger partial charge is 0.342 e. The molecule has 2 heterocycles. The van der Waals surface area contributed by atoms with Crippen molar-refractivity contribution in [3.63, 3.8) is 0 Å². The highest BCUT2D eigenvalue weighted by Gasteiger charge is 2.31. The van der Waals surface area contributed by atoms with Crippen molar-refractivity contribution in [3.8, 4) is 11.3 Å². The van der Waals surface area contributed by atoms with Crippen molar-refractivity contribution in [1.82, 2.24) is 0 Å². The first-order valence-electron chi connectivity index (χ1n) is 5.12. The lowest BCUT2D eigenvalue weighted by Crippen LogP contribution is -1.94. The monoisotopic (exact) mass is 214 g/mol. The molecule has 0 N–H and O–H groups in total. The molecule has 0 saturated heterocycles. The van der Waals surface area contributed by atoms with Crippen molar-refractivity contribution in [2.24, 2.45) is 0 Å². The summed E-state index contributed by atoms with van der Waals surface area (Å²) in [6.45, 7) is 2.10. The Morgan fingerprint density at radius 2 is 1.94 bits per heavy atom. The Morgan fingerprint density at radius 3 is 2.69 bits per heavy atom. The van der Waals surface area contributed by atoms with Crippen LogP contribution in [-0.2, 0) is 11.3 Å². The molecule has 0 unspecified atom stereocenters. The number of hydrogen-bond donors (Lipinski definition) is 0. The second-order valence-electron chi connectivity index (χ2n) is 3.78. The minimum absolute atomic E-state index is 0.279. The molecule has 0 radical (unpaired) electrons. The predicted molar refractivity (Wildman–Crippen MR) is 58.0 cm³/mol. The predicted octanol–water partition coefficient (Wildman–Crippen LogP) is 2.93. The van der Waals surface area contributed by atoms with Crippen molar-refractivity contribution in [1.29, 1.82) is 0 Å². The van der Waals surface area contributed by atoms with Crippen LogP contribution in [0.2, 0.25) is 0 Å². The highest BCUT2D eigenvalue weighted by atomic mass is 16.5. The van der Waals surface area contributed by atoms with Gasteiger partial charge in [0.1, 0.15) is 23.7 Å². The van der Waals surface area contributed by atoms with Crippen LogP contribution in [0.15, 0.2) is 34.7 Å². The molecule has 0 bridgehead atoms. The number of rotatable bonds is 1. The van der Waals surface area contributed by atoms with Gasteiger partial charge in [-0.3, -0.25) is 0 Å².